The van der Waals surface area contributed by atoms with E-state index < -0.39 is 34.8 Å². The van der Waals surface area contributed by atoms with Crippen molar-refractivity contribution in [3.05, 3.63) is 29.1 Å². The summed E-state index contributed by atoms with van der Waals surface area (Å²) in [6.07, 6.45) is 1.36. The molecule has 1 aromatic carbocycles. The third-order valence-electron chi connectivity index (χ3n) is 1.38. The first kappa shape index (κ1) is 13.0. The molecular formula is C7H3F5O3S. The van der Waals surface area contributed by atoms with E-state index in [1.807, 2.05) is 0 Å². The van der Waals surface area contributed by atoms with Gasteiger partial charge in [-0.1, -0.05) is 0 Å². The van der Waals surface area contributed by atoms with E-state index in [0.717, 1.165) is 0 Å². The lowest BCUT2D eigenvalue weighted by Crippen LogP contribution is -2.06. The normalized spacial score (nSPS) is 10.6. The van der Waals surface area contributed by atoms with Gasteiger partial charge in [-0.2, -0.15) is 8.78 Å². The van der Waals surface area contributed by atoms with Crippen molar-refractivity contribution in [3.8, 4) is 5.75 Å². The third kappa shape index (κ3) is 2.36. The fourth-order valence-electron chi connectivity index (χ4n) is 0.734. The van der Waals surface area contributed by atoms with Crippen LogP contribution in [0.1, 0.15) is 0 Å². The lowest BCUT2D eigenvalue weighted by Gasteiger charge is -2.06. The van der Waals surface area contributed by atoms with Crippen molar-refractivity contribution in [3.63, 3.8) is 0 Å². The predicted octanol–water partition coefficient (Wildman–Crippen LogP) is 2.90. The molecule has 0 aliphatic carbocycles. The maximum Gasteiger partial charge on any atom is 0.246 e. The molecule has 1 aromatic rings. The summed E-state index contributed by atoms with van der Waals surface area (Å²) in [6, 6.07) is 0. The van der Waals surface area contributed by atoms with Crippen LogP contribution in [0, 0.1) is 29.1 Å². The molecular weight excluding hydrogens is 259 g/mol. The van der Waals surface area contributed by atoms with Crippen LogP contribution in [-0.4, -0.2) is 6.26 Å². The van der Waals surface area contributed by atoms with Gasteiger partial charge >= 0.3 is 0 Å². The van der Waals surface area contributed by atoms with Gasteiger partial charge < -0.3 is 4.89 Å². The Bertz CT molecular complexity index is 371. The van der Waals surface area contributed by atoms with Crippen molar-refractivity contribution in [2.75, 3.05) is 6.26 Å². The minimum Gasteiger partial charge on any atom is -0.301 e. The van der Waals surface area contributed by atoms with Crippen LogP contribution in [0.3, 0.4) is 0 Å². The second-order valence-electron chi connectivity index (χ2n) is 2.29. The van der Waals surface area contributed by atoms with Crippen LogP contribution in [0.25, 0.3) is 0 Å². The molecule has 9 heteroatoms. The van der Waals surface area contributed by atoms with Crippen LogP contribution < -0.4 is 4.89 Å². The number of rotatable bonds is 4. The largest absolute Gasteiger partial charge is 0.301 e. The Hall–Kier alpha value is -1.06. The van der Waals surface area contributed by atoms with E-state index in [1.165, 1.54) is 6.26 Å². The van der Waals surface area contributed by atoms with Gasteiger partial charge in [-0.25, -0.2) is 13.2 Å². The smallest absolute Gasteiger partial charge is 0.246 e. The zero-order chi connectivity index (χ0) is 12.3. The molecule has 0 saturated carbocycles. The number of hydrogen-bond acceptors (Lipinski definition) is 4. The lowest BCUT2D eigenvalue weighted by atomic mass is 10.3. The molecule has 0 radical (unpaired) electrons. The Morgan fingerprint density at radius 2 is 1.25 bits per heavy atom. The molecule has 3 nitrogen and oxygen atoms in total. The van der Waals surface area contributed by atoms with Crippen molar-refractivity contribution in [1.82, 2.24) is 0 Å². The van der Waals surface area contributed by atoms with Crippen LogP contribution in [0.2, 0.25) is 0 Å². The Labute approximate surface area is 90.2 Å². The van der Waals surface area contributed by atoms with Crippen LogP contribution in [0.15, 0.2) is 0 Å². The van der Waals surface area contributed by atoms with E-state index in [2.05, 4.69) is 14.3 Å². The molecule has 0 atom stereocenters. The SMILES string of the molecule is CSOOOc1c(F)c(F)c(F)c(F)c1F. The molecule has 0 aromatic heterocycles. The monoisotopic (exact) mass is 262 g/mol. The maximum atomic E-state index is 12.8. The molecule has 1 rings (SSSR count). The van der Waals surface area contributed by atoms with Gasteiger partial charge in [-0.05, 0) is 5.04 Å². The predicted molar refractivity (Wildman–Crippen MR) is 42.5 cm³/mol. The fraction of sp³-hybridized carbons (Fsp3) is 0.143. The van der Waals surface area contributed by atoms with E-state index >= 15 is 0 Å². The van der Waals surface area contributed by atoms with Crippen molar-refractivity contribution < 1.29 is 36.2 Å². The van der Waals surface area contributed by atoms with Crippen LogP contribution in [0.5, 0.6) is 5.75 Å². The van der Waals surface area contributed by atoms with Gasteiger partial charge in [0, 0.05) is 18.3 Å². The molecule has 0 spiro atoms. The highest BCUT2D eigenvalue weighted by atomic mass is 32.2. The molecule has 0 aliphatic rings. The van der Waals surface area contributed by atoms with E-state index in [0.29, 0.717) is 12.0 Å². The van der Waals surface area contributed by atoms with Crippen molar-refractivity contribution in [2.24, 2.45) is 0 Å². The minimum atomic E-state index is -2.28. The average Bonchev–Trinajstić information content (AvgIpc) is 2.28. The quantitative estimate of drug-likeness (QED) is 0.159. The average molecular weight is 262 g/mol. The summed E-state index contributed by atoms with van der Waals surface area (Å²) >= 11 is 0.590. The summed E-state index contributed by atoms with van der Waals surface area (Å²) in [7, 11) is 0. The Kier molecular flexibility index (Phi) is 4.33. The highest BCUT2D eigenvalue weighted by Crippen LogP contribution is 2.29. The summed E-state index contributed by atoms with van der Waals surface area (Å²) in [5.41, 5.74) is 0. The minimum absolute atomic E-state index is 0.590. The summed E-state index contributed by atoms with van der Waals surface area (Å²) in [4.78, 5) is 3.78. The maximum absolute atomic E-state index is 12.8. The summed E-state index contributed by atoms with van der Waals surface area (Å²) in [5.74, 6) is -12.4. The van der Waals surface area contributed by atoms with E-state index in [-0.39, 0.29) is 0 Å². The molecule has 0 saturated heterocycles. The topological polar surface area (TPSA) is 27.7 Å². The van der Waals surface area contributed by atoms with Crippen molar-refractivity contribution in [2.45, 2.75) is 0 Å². The van der Waals surface area contributed by atoms with Gasteiger partial charge in [-0.3, -0.25) is 0 Å². The second-order valence-corrected chi connectivity index (χ2v) is 2.75. The standard InChI is InChI=1S/C7H3F5O3S/c1-16-15-14-13-7-5(11)3(9)2(8)4(10)6(7)12/h1H3. The number of benzene rings is 1. The summed E-state index contributed by atoms with van der Waals surface area (Å²) in [5, 5.41) is 3.71. The molecule has 0 unspecified atom stereocenters. The fourth-order valence-corrected chi connectivity index (χ4v) is 0.817. The van der Waals surface area contributed by atoms with Gasteiger partial charge in [0.2, 0.25) is 34.8 Å². The molecule has 0 N–H and O–H groups in total. The van der Waals surface area contributed by atoms with E-state index in [4.69, 9.17) is 0 Å². The van der Waals surface area contributed by atoms with Crippen molar-refractivity contribution >= 4 is 12.0 Å². The number of halogens is 5. The Morgan fingerprint density at radius 1 is 0.812 bits per heavy atom. The zero-order valence-electron chi connectivity index (χ0n) is 7.52. The molecule has 0 amide bonds. The lowest BCUT2D eigenvalue weighted by molar-refractivity contribution is -0.405. The van der Waals surface area contributed by atoms with Crippen LogP contribution >= 0.6 is 12.0 Å². The van der Waals surface area contributed by atoms with Crippen LogP contribution in [-0.2, 0) is 9.37 Å². The molecule has 90 valence electrons. The molecule has 0 fully saturated rings. The van der Waals surface area contributed by atoms with Gasteiger partial charge in [0.15, 0.2) is 0 Å². The first-order valence-corrected chi connectivity index (χ1v) is 4.71. The first-order valence-electron chi connectivity index (χ1n) is 3.56. The Morgan fingerprint density at radius 3 is 1.69 bits per heavy atom. The van der Waals surface area contributed by atoms with Gasteiger partial charge in [-0.15, -0.1) is 4.33 Å². The van der Waals surface area contributed by atoms with Gasteiger partial charge in [0.1, 0.15) is 0 Å². The Balaban J connectivity index is 3.08. The van der Waals surface area contributed by atoms with E-state index in [1.54, 1.807) is 0 Å². The third-order valence-corrected chi connectivity index (χ3v) is 1.57. The zero-order valence-corrected chi connectivity index (χ0v) is 8.34. The molecule has 0 aliphatic heterocycles. The first-order chi connectivity index (χ1) is 7.50. The highest BCUT2D eigenvalue weighted by molar-refractivity contribution is 7.93. The van der Waals surface area contributed by atoms with Gasteiger partial charge in [0.25, 0.3) is 0 Å². The summed E-state index contributed by atoms with van der Waals surface area (Å²) in [6.45, 7) is 0. The molecule has 0 heterocycles. The summed E-state index contributed by atoms with van der Waals surface area (Å²) < 4.78 is 67.3. The van der Waals surface area contributed by atoms with Crippen molar-refractivity contribution in [1.29, 1.82) is 0 Å². The number of hydrogen-bond donors (Lipinski definition) is 0. The molecule has 16 heavy (non-hydrogen) atoms. The van der Waals surface area contributed by atoms with E-state index in [9.17, 15) is 22.0 Å². The highest BCUT2D eigenvalue weighted by Gasteiger charge is 2.28. The second kappa shape index (κ2) is 5.32. The van der Waals surface area contributed by atoms with Crippen LogP contribution in [0.4, 0.5) is 22.0 Å². The molecule has 0 bridgehead atoms. The van der Waals surface area contributed by atoms with Gasteiger partial charge in [0.05, 0.1) is 0 Å².